The van der Waals surface area contributed by atoms with Crippen molar-refractivity contribution in [1.82, 2.24) is 9.55 Å². The van der Waals surface area contributed by atoms with Crippen LogP contribution in [0.5, 0.6) is 11.5 Å². The van der Waals surface area contributed by atoms with Crippen molar-refractivity contribution in [2.45, 2.75) is 0 Å². The van der Waals surface area contributed by atoms with E-state index in [1.54, 1.807) is 60.7 Å². The lowest BCUT2D eigenvalue weighted by Crippen LogP contribution is -2.22. The summed E-state index contributed by atoms with van der Waals surface area (Å²) in [5.41, 5.74) is 1.64. The minimum atomic E-state index is -1.04. The average molecular weight is 414 g/mol. The van der Waals surface area contributed by atoms with Gasteiger partial charge < -0.3 is 14.9 Å². The van der Waals surface area contributed by atoms with Crippen LogP contribution in [0.25, 0.3) is 28.7 Å². The van der Waals surface area contributed by atoms with Crippen molar-refractivity contribution >= 4 is 29.0 Å². The van der Waals surface area contributed by atoms with Gasteiger partial charge in [-0.25, -0.2) is 9.78 Å². The largest absolute Gasteiger partial charge is 0.504 e. The molecule has 0 saturated carbocycles. The molecule has 0 fully saturated rings. The van der Waals surface area contributed by atoms with Crippen LogP contribution in [0.3, 0.4) is 0 Å². The molecule has 4 aromatic rings. The number of phenols is 1. The number of ether oxygens (including phenoxy) is 1. The molecule has 1 heterocycles. The van der Waals surface area contributed by atoms with E-state index in [9.17, 15) is 14.7 Å². The van der Waals surface area contributed by atoms with Gasteiger partial charge in [-0.05, 0) is 60.2 Å². The maximum atomic E-state index is 13.2. The van der Waals surface area contributed by atoms with Crippen LogP contribution in [0.2, 0.25) is 0 Å². The third-order valence-corrected chi connectivity index (χ3v) is 4.80. The van der Waals surface area contributed by atoms with Crippen LogP contribution >= 0.6 is 0 Å². The van der Waals surface area contributed by atoms with Crippen molar-refractivity contribution in [2.75, 3.05) is 7.11 Å². The number of carbonyl (C=O) groups is 1. The number of hydrogen-bond acceptors (Lipinski definition) is 5. The Bertz CT molecular complexity index is 1370. The topological polar surface area (TPSA) is 102 Å². The fourth-order valence-electron chi connectivity index (χ4n) is 3.23. The zero-order chi connectivity index (χ0) is 22.0. The number of hydrogen-bond donors (Lipinski definition) is 2. The van der Waals surface area contributed by atoms with Crippen molar-refractivity contribution in [3.63, 3.8) is 0 Å². The lowest BCUT2D eigenvalue weighted by molar-refractivity contribution is 0.0697. The molecule has 0 radical (unpaired) electrons. The van der Waals surface area contributed by atoms with Gasteiger partial charge in [0.05, 0.1) is 29.3 Å². The normalized spacial score (nSPS) is 11.1. The van der Waals surface area contributed by atoms with Gasteiger partial charge in [0.25, 0.3) is 5.56 Å². The molecule has 0 unspecified atom stereocenters. The summed E-state index contributed by atoms with van der Waals surface area (Å²) in [7, 11) is 1.46. The van der Waals surface area contributed by atoms with E-state index in [0.29, 0.717) is 28.2 Å². The zero-order valence-electron chi connectivity index (χ0n) is 16.5. The summed E-state index contributed by atoms with van der Waals surface area (Å²) in [6.45, 7) is 0. The molecular formula is C24H18N2O5. The monoisotopic (exact) mass is 414 g/mol. The van der Waals surface area contributed by atoms with E-state index >= 15 is 0 Å². The minimum absolute atomic E-state index is 0.0268. The highest BCUT2D eigenvalue weighted by atomic mass is 16.5. The van der Waals surface area contributed by atoms with Gasteiger partial charge in [-0.15, -0.1) is 0 Å². The zero-order valence-corrected chi connectivity index (χ0v) is 16.5. The van der Waals surface area contributed by atoms with Crippen LogP contribution in [0.1, 0.15) is 21.7 Å². The number of phenolic OH excluding ortho intramolecular Hbond substituents is 1. The van der Waals surface area contributed by atoms with Gasteiger partial charge in [-0.2, -0.15) is 0 Å². The van der Waals surface area contributed by atoms with E-state index in [4.69, 9.17) is 9.84 Å². The van der Waals surface area contributed by atoms with E-state index in [2.05, 4.69) is 4.98 Å². The predicted octanol–water partition coefficient (Wildman–Crippen LogP) is 3.97. The quantitative estimate of drug-likeness (QED) is 0.512. The second kappa shape index (κ2) is 8.16. The number of methoxy groups -OCH3 is 1. The molecule has 7 heteroatoms. The summed E-state index contributed by atoms with van der Waals surface area (Å²) in [6, 6.07) is 17.9. The Hall–Kier alpha value is -4.39. The van der Waals surface area contributed by atoms with Crippen LogP contribution in [-0.4, -0.2) is 32.8 Å². The predicted molar refractivity (Wildman–Crippen MR) is 118 cm³/mol. The number of nitrogens with zero attached hydrogens (tertiary/aromatic N) is 2. The first-order valence-corrected chi connectivity index (χ1v) is 9.38. The molecule has 7 nitrogen and oxygen atoms in total. The van der Waals surface area contributed by atoms with Crippen molar-refractivity contribution in [2.24, 2.45) is 0 Å². The molecule has 0 amide bonds. The first kappa shape index (κ1) is 19.9. The molecule has 4 rings (SSSR count). The Morgan fingerprint density at radius 1 is 1.03 bits per heavy atom. The summed E-state index contributed by atoms with van der Waals surface area (Å²) in [5.74, 6) is -0.315. The lowest BCUT2D eigenvalue weighted by Gasteiger charge is -2.12. The van der Waals surface area contributed by atoms with Gasteiger partial charge in [0.15, 0.2) is 11.5 Å². The van der Waals surface area contributed by atoms with Gasteiger partial charge in [0.2, 0.25) is 0 Å². The van der Waals surface area contributed by atoms with Gasteiger partial charge >= 0.3 is 5.97 Å². The summed E-state index contributed by atoms with van der Waals surface area (Å²) in [5, 5.41) is 19.4. The number of carboxylic acid groups (broad SMARTS) is 1. The molecule has 0 aliphatic rings. The Balaban J connectivity index is 1.88. The third-order valence-electron chi connectivity index (χ3n) is 4.80. The lowest BCUT2D eigenvalue weighted by atomic mass is 10.1. The molecule has 3 aromatic carbocycles. The van der Waals surface area contributed by atoms with Crippen LogP contribution in [-0.2, 0) is 0 Å². The van der Waals surface area contributed by atoms with E-state index in [1.807, 2.05) is 0 Å². The first-order valence-electron chi connectivity index (χ1n) is 9.38. The summed E-state index contributed by atoms with van der Waals surface area (Å²) < 4.78 is 6.57. The molecule has 0 aliphatic heterocycles. The summed E-state index contributed by atoms with van der Waals surface area (Å²) >= 11 is 0. The molecule has 31 heavy (non-hydrogen) atoms. The van der Waals surface area contributed by atoms with Gasteiger partial charge in [-0.1, -0.05) is 24.3 Å². The Labute approximate surface area is 177 Å². The number of aromatic hydroxyl groups is 1. The van der Waals surface area contributed by atoms with E-state index in [0.717, 1.165) is 5.56 Å². The number of benzene rings is 3. The number of aromatic carboxylic acids is 1. The summed E-state index contributed by atoms with van der Waals surface area (Å²) in [6.07, 6.45) is 3.44. The van der Waals surface area contributed by atoms with Crippen LogP contribution in [0.15, 0.2) is 71.5 Å². The number of carboxylic acids is 1. The van der Waals surface area contributed by atoms with Crippen molar-refractivity contribution in [1.29, 1.82) is 0 Å². The van der Waals surface area contributed by atoms with Gasteiger partial charge in [0.1, 0.15) is 5.82 Å². The second-order valence-corrected chi connectivity index (χ2v) is 6.74. The standard InChI is InChI=1S/C24H18N2O5/c1-31-21-14-15(6-12-20(21)27)7-13-22-25-19-5-3-2-4-18(19)23(28)26(22)17-10-8-16(9-11-17)24(29)30/h2-14,27H,1H3,(H,29,30)/b13-7-. The van der Waals surface area contributed by atoms with E-state index < -0.39 is 5.97 Å². The van der Waals surface area contributed by atoms with E-state index in [1.165, 1.54) is 29.9 Å². The molecule has 0 atom stereocenters. The highest BCUT2D eigenvalue weighted by molar-refractivity contribution is 5.88. The number of aromatic nitrogens is 2. The molecule has 0 bridgehead atoms. The Morgan fingerprint density at radius 2 is 1.77 bits per heavy atom. The van der Waals surface area contributed by atoms with Crippen molar-refractivity contribution in [3.8, 4) is 17.2 Å². The molecule has 1 aromatic heterocycles. The fourth-order valence-corrected chi connectivity index (χ4v) is 3.23. The first-order chi connectivity index (χ1) is 15.0. The van der Waals surface area contributed by atoms with E-state index in [-0.39, 0.29) is 16.9 Å². The highest BCUT2D eigenvalue weighted by Crippen LogP contribution is 2.27. The fraction of sp³-hybridized carbons (Fsp3) is 0.0417. The molecule has 0 saturated heterocycles. The van der Waals surface area contributed by atoms with Gasteiger partial charge in [0, 0.05) is 0 Å². The third kappa shape index (κ3) is 3.89. The Kier molecular flexibility index (Phi) is 5.24. The molecule has 154 valence electrons. The minimum Gasteiger partial charge on any atom is -0.504 e. The Morgan fingerprint density at radius 3 is 2.48 bits per heavy atom. The second-order valence-electron chi connectivity index (χ2n) is 6.74. The maximum absolute atomic E-state index is 13.2. The molecule has 2 N–H and O–H groups in total. The van der Waals surface area contributed by atoms with Crippen LogP contribution < -0.4 is 10.3 Å². The number of rotatable bonds is 5. The number of para-hydroxylation sites is 1. The van der Waals surface area contributed by atoms with Crippen LogP contribution in [0.4, 0.5) is 0 Å². The highest BCUT2D eigenvalue weighted by Gasteiger charge is 2.12. The SMILES string of the molecule is COc1cc(/C=C\c2nc3ccccc3c(=O)n2-c2ccc(C(=O)O)cc2)ccc1O. The average Bonchev–Trinajstić information content (AvgIpc) is 2.78. The molecule has 0 aliphatic carbocycles. The van der Waals surface area contributed by atoms with Crippen molar-refractivity contribution < 1.29 is 19.7 Å². The van der Waals surface area contributed by atoms with Gasteiger partial charge in [-0.3, -0.25) is 9.36 Å². The molecular weight excluding hydrogens is 396 g/mol. The summed E-state index contributed by atoms with van der Waals surface area (Å²) in [4.78, 5) is 29.0. The van der Waals surface area contributed by atoms with Crippen LogP contribution in [0, 0.1) is 0 Å². The number of fused-ring (bicyclic) bond motifs is 1. The maximum Gasteiger partial charge on any atom is 0.335 e. The van der Waals surface area contributed by atoms with Crippen molar-refractivity contribution in [3.05, 3.63) is 94.0 Å². The molecule has 0 spiro atoms. The smallest absolute Gasteiger partial charge is 0.335 e.